The van der Waals surface area contributed by atoms with Crippen molar-refractivity contribution >= 4 is 41.9 Å². The molecule has 0 fully saturated rings. The van der Waals surface area contributed by atoms with E-state index in [1.807, 2.05) is 13.8 Å². The SMILES string of the molecule is Cn1nnc(Br)c1S(=O)(=O)NC(C)(C)CCBr. The molecule has 0 saturated carbocycles. The Kier molecular flexibility index (Phi) is 4.73. The summed E-state index contributed by atoms with van der Waals surface area (Å²) in [6.07, 6.45) is 0.676. The number of nitrogens with one attached hydrogen (secondary N) is 1. The lowest BCUT2D eigenvalue weighted by molar-refractivity contribution is 0.440. The lowest BCUT2D eigenvalue weighted by Crippen LogP contribution is -2.44. The Morgan fingerprint density at radius 3 is 2.47 bits per heavy atom. The standard InChI is InChI=1S/C8H14Br2N4O2S/c1-8(2,4-5-9)12-17(15,16)7-6(10)11-13-14(7)3/h12H,4-5H2,1-3H3. The molecule has 0 bridgehead atoms. The fourth-order valence-electron chi connectivity index (χ4n) is 1.31. The van der Waals surface area contributed by atoms with Gasteiger partial charge in [-0.15, -0.1) is 5.10 Å². The average molecular weight is 390 g/mol. The zero-order chi connectivity index (χ0) is 13.3. The van der Waals surface area contributed by atoms with Crippen LogP contribution in [0.5, 0.6) is 0 Å². The summed E-state index contributed by atoms with van der Waals surface area (Å²) in [6, 6.07) is 0. The third kappa shape index (κ3) is 3.73. The maximum absolute atomic E-state index is 12.2. The largest absolute Gasteiger partial charge is 0.261 e. The highest BCUT2D eigenvalue weighted by molar-refractivity contribution is 9.10. The van der Waals surface area contributed by atoms with Gasteiger partial charge in [0, 0.05) is 17.9 Å². The lowest BCUT2D eigenvalue weighted by Gasteiger charge is -2.24. The normalized spacial score (nSPS) is 13.0. The van der Waals surface area contributed by atoms with Gasteiger partial charge in [-0.1, -0.05) is 21.1 Å². The van der Waals surface area contributed by atoms with Crippen LogP contribution in [0, 0.1) is 0 Å². The molecule has 1 aromatic rings. The Labute approximate surface area is 117 Å². The van der Waals surface area contributed by atoms with Crippen LogP contribution in [-0.4, -0.2) is 34.3 Å². The Bertz CT molecular complexity index is 478. The molecule has 17 heavy (non-hydrogen) atoms. The highest BCUT2D eigenvalue weighted by Gasteiger charge is 2.30. The van der Waals surface area contributed by atoms with Crippen molar-refractivity contribution < 1.29 is 8.42 Å². The maximum Gasteiger partial charge on any atom is 0.261 e. The first-order valence-corrected chi connectivity index (χ1v) is 8.24. The van der Waals surface area contributed by atoms with Crippen molar-refractivity contribution in [1.29, 1.82) is 0 Å². The van der Waals surface area contributed by atoms with E-state index in [9.17, 15) is 8.42 Å². The number of alkyl halides is 1. The third-order valence-electron chi connectivity index (χ3n) is 2.12. The van der Waals surface area contributed by atoms with Gasteiger partial charge in [-0.05, 0) is 36.2 Å². The van der Waals surface area contributed by atoms with Crippen LogP contribution in [0.4, 0.5) is 0 Å². The van der Waals surface area contributed by atoms with Crippen molar-refractivity contribution in [3.8, 4) is 0 Å². The molecule has 1 heterocycles. The molecule has 0 aliphatic carbocycles. The fourth-order valence-corrected chi connectivity index (χ4v) is 4.84. The van der Waals surface area contributed by atoms with E-state index in [0.29, 0.717) is 11.8 Å². The van der Waals surface area contributed by atoms with Gasteiger partial charge in [0.1, 0.15) is 0 Å². The van der Waals surface area contributed by atoms with Crippen LogP contribution in [0.2, 0.25) is 0 Å². The number of halogens is 2. The molecule has 0 aliphatic heterocycles. The number of aromatic nitrogens is 3. The minimum atomic E-state index is -3.64. The first kappa shape index (κ1) is 15.1. The lowest BCUT2D eigenvalue weighted by atomic mass is 10.0. The zero-order valence-corrected chi connectivity index (χ0v) is 13.7. The summed E-state index contributed by atoms with van der Waals surface area (Å²) in [5.74, 6) is 0. The predicted octanol–water partition coefficient (Wildman–Crippen LogP) is 1.42. The Morgan fingerprint density at radius 1 is 1.47 bits per heavy atom. The molecule has 0 saturated heterocycles. The van der Waals surface area contributed by atoms with Crippen molar-refractivity contribution in [1.82, 2.24) is 19.7 Å². The van der Waals surface area contributed by atoms with E-state index in [1.54, 1.807) is 0 Å². The second-order valence-corrected chi connectivity index (χ2v) is 7.38. The van der Waals surface area contributed by atoms with E-state index in [-0.39, 0.29) is 9.63 Å². The molecule has 0 amide bonds. The first-order valence-electron chi connectivity index (χ1n) is 4.85. The van der Waals surface area contributed by atoms with Crippen LogP contribution in [0.15, 0.2) is 9.63 Å². The molecular formula is C8H14Br2N4O2S. The number of hydrogen-bond acceptors (Lipinski definition) is 4. The van der Waals surface area contributed by atoms with E-state index in [4.69, 9.17) is 0 Å². The van der Waals surface area contributed by atoms with Crippen LogP contribution in [0.3, 0.4) is 0 Å². The van der Waals surface area contributed by atoms with Gasteiger partial charge in [-0.2, -0.15) is 0 Å². The third-order valence-corrected chi connectivity index (χ3v) is 5.10. The van der Waals surface area contributed by atoms with Crippen molar-refractivity contribution in [3.63, 3.8) is 0 Å². The Balaban J connectivity index is 3.06. The number of hydrogen-bond donors (Lipinski definition) is 1. The highest BCUT2D eigenvalue weighted by Crippen LogP contribution is 2.21. The van der Waals surface area contributed by atoms with Crippen molar-refractivity contribution in [3.05, 3.63) is 4.60 Å². The van der Waals surface area contributed by atoms with Gasteiger partial charge in [0.05, 0.1) is 0 Å². The molecule has 9 heteroatoms. The Hall–Kier alpha value is 0.01000. The number of sulfonamides is 1. The smallest absolute Gasteiger partial charge is 0.235 e. The molecule has 98 valence electrons. The molecule has 0 aliphatic rings. The molecule has 0 unspecified atom stereocenters. The summed E-state index contributed by atoms with van der Waals surface area (Å²) in [7, 11) is -2.11. The maximum atomic E-state index is 12.2. The molecule has 0 aromatic carbocycles. The molecule has 0 atom stereocenters. The highest BCUT2D eigenvalue weighted by atomic mass is 79.9. The fraction of sp³-hybridized carbons (Fsp3) is 0.750. The summed E-state index contributed by atoms with van der Waals surface area (Å²) in [4.78, 5) is 0. The predicted molar refractivity (Wildman–Crippen MR) is 71.5 cm³/mol. The van der Waals surface area contributed by atoms with Gasteiger partial charge in [-0.3, -0.25) is 0 Å². The minimum Gasteiger partial charge on any atom is -0.235 e. The van der Waals surface area contributed by atoms with Gasteiger partial charge in [0.25, 0.3) is 10.0 Å². The minimum absolute atomic E-state index is 0.0279. The van der Waals surface area contributed by atoms with Crippen LogP contribution >= 0.6 is 31.9 Å². The van der Waals surface area contributed by atoms with Crippen LogP contribution in [-0.2, 0) is 17.1 Å². The van der Waals surface area contributed by atoms with E-state index < -0.39 is 15.6 Å². The summed E-state index contributed by atoms with van der Waals surface area (Å²) in [5, 5.41) is 8.05. The summed E-state index contributed by atoms with van der Waals surface area (Å²) < 4.78 is 28.4. The molecule has 0 spiro atoms. The van der Waals surface area contributed by atoms with Crippen LogP contribution < -0.4 is 4.72 Å². The molecule has 1 N–H and O–H groups in total. The van der Waals surface area contributed by atoms with Gasteiger partial charge in [-0.25, -0.2) is 17.8 Å². The zero-order valence-electron chi connectivity index (χ0n) is 9.74. The van der Waals surface area contributed by atoms with E-state index in [0.717, 1.165) is 0 Å². The van der Waals surface area contributed by atoms with E-state index in [1.165, 1.54) is 11.7 Å². The van der Waals surface area contributed by atoms with Gasteiger partial charge >= 0.3 is 0 Å². The van der Waals surface area contributed by atoms with Crippen molar-refractivity contribution in [2.75, 3.05) is 5.33 Å². The summed E-state index contributed by atoms with van der Waals surface area (Å²) in [6.45, 7) is 3.65. The second-order valence-electron chi connectivity index (χ2n) is 4.24. The molecule has 1 rings (SSSR count). The van der Waals surface area contributed by atoms with Crippen LogP contribution in [0.25, 0.3) is 0 Å². The van der Waals surface area contributed by atoms with E-state index in [2.05, 4.69) is 46.9 Å². The number of rotatable bonds is 5. The average Bonchev–Trinajstić information content (AvgIpc) is 2.43. The number of aryl methyl sites for hydroxylation is 1. The molecule has 6 nitrogen and oxygen atoms in total. The quantitative estimate of drug-likeness (QED) is 0.772. The van der Waals surface area contributed by atoms with E-state index >= 15 is 0 Å². The Morgan fingerprint density at radius 2 is 2.06 bits per heavy atom. The topological polar surface area (TPSA) is 76.9 Å². The van der Waals surface area contributed by atoms with Gasteiger partial charge < -0.3 is 0 Å². The monoisotopic (exact) mass is 388 g/mol. The van der Waals surface area contributed by atoms with Gasteiger partial charge in [0.15, 0.2) is 4.60 Å². The van der Waals surface area contributed by atoms with Gasteiger partial charge in [0.2, 0.25) is 5.03 Å². The van der Waals surface area contributed by atoms with Crippen molar-refractivity contribution in [2.24, 2.45) is 7.05 Å². The molecule has 0 radical (unpaired) electrons. The van der Waals surface area contributed by atoms with Crippen molar-refractivity contribution in [2.45, 2.75) is 30.8 Å². The van der Waals surface area contributed by atoms with Crippen LogP contribution in [0.1, 0.15) is 20.3 Å². The summed E-state index contributed by atoms with van der Waals surface area (Å²) >= 11 is 6.37. The molecular weight excluding hydrogens is 376 g/mol. The first-order chi connectivity index (χ1) is 7.69. The summed E-state index contributed by atoms with van der Waals surface area (Å²) in [5.41, 5.74) is -0.536. The second kappa shape index (κ2) is 5.33. The number of nitrogens with zero attached hydrogens (tertiary/aromatic N) is 3. The molecule has 1 aromatic heterocycles.